The Labute approximate surface area is 85.5 Å². The second-order valence-electron chi connectivity index (χ2n) is 3.24. The number of aromatic nitrogens is 1. The first-order valence-corrected chi connectivity index (χ1v) is 4.47. The second-order valence-corrected chi connectivity index (χ2v) is 3.24. The molecule has 0 atom stereocenters. The molecule has 2 nitrogen and oxygen atoms in total. The molecular formula is C11H9F2NO. The average Bonchev–Trinajstić information content (AvgIpc) is 2.16. The number of fused-ring (bicyclic) bond motifs is 1. The van der Waals surface area contributed by atoms with Crippen LogP contribution in [0.5, 0.6) is 5.75 Å². The molecule has 2 aromatic rings. The van der Waals surface area contributed by atoms with Gasteiger partial charge in [-0.3, -0.25) is 4.98 Å². The highest BCUT2D eigenvalue weighted by Gasteiger charge is 2.24. The van der Waals surface area contributed by atoms with Gasteiger partial charge in [0.2, 0.25) is 0 Å². The van der Waals surface area contributed by atoms with Crippen LogP contribution < -0.4 is 4.74 Å². The van der Waals surface area contributed by atoms with Crippen molar-refractivity contribution in [3.05, 3.63) is 36.5 Å². The minimum absolute atomic E-state index is 0.146. The Kier molecular flexibility index (Phi) is 2.26. The summed E-state index contributed by atoms with van der Waals surface area (Å²) in [5.41, 5.74) is 0.638. The van der Waals surface area contributed by atoms with Crippen LogP contribution in [0.2, 0.25) is 0 Å². The fourth-order valence-corrected chi connectivity index (χ4v) is 1.35. The van der Waals surface area contributed by atoms with Gasteiger partial charge in [0.1, 0.15) is 5.75 Å². The van der Waals surface area contributed by atoms with E-state index in [0.29, 0.717) is 17.8 Å². The SMILES string of the molecule is CC(F)(F)Oc1ccnc2ccccc12. The molecule has 1 heterocycles. The van der Waals surface area contributed by atoms with Crippen molar-refractivity contribution in [2.45, 2.75) is 13.0 Å². The summed E-state index contributed by atoms with van der Waals surface area (Å²) in [6.45, 7) is 0.711. The molecule has 2 rings (SSSR count). The van der Waals surface area contributed by atoms with Crippen molar-refractivity contribution in [1.29, 1.82) is 0 Å². The van der Waals surface area contributed by atoms with Gasteiger partial charge in [0.15, 0.2) is 0 Å². The van der Waals surface area contributed by atoms with Gasteiger partial charge < -0.3 is 4.74 Å². The molecule has 0 unspecified atom stereocenters. The van der Waals surface area contributed by atoms with Gasteiger partial charge in [0, 0.05) is 18.5 Å². The molecule has 0 aliphatic carbocycles. The maximum Gasteiger partial charge on any atom is 0.394 e. The minimum Gasteiger partial charge on any atom is -0.432 e. The number of benzene rings is 1. The maximum atomic E-state index is 12.7. The topological polar surface area (TPSA) is 22.1 Å². The molecule has 4 heteroatoms. The Bertz CT molecular complexity index is 474. The van der Waals surface area contributed by atoms with Crippen molar-refractivity contribution in [2.75, 3.05) is 0 Å². The van der Waals surface area contributed by atoms with E-state index in [0.717, 1.165) is 0 Å². The zero-order chi connectivity index (χ0) is 10.9. The third-order valence-corrected chi connectivity index (χ3v) is 1.90. The third-order valence-electron chi connectivity index (χ3n) is 1.90. The van der Waals surface area contributed by atoms with Crippen LogP contribution >= 0.6 is 0 Å². The number of alkyl halides is 2. The zero-order valence-electron chi connectivity index (χ0n) is 8.08. The fourth-order valence-electron chi connectivity index (χ4n) is 1.35. The highest BCUT2D eigenvalue weighted by Crippen LogP contribution is 2.27. The average molecular weight is 209 g/mol. The number of hydrogen-bond acceptors (Lipinski definition) is 2. The summed E-state index contributed by atoms with van der Waals surface area (Å²) >= 11 is 0. The molecule has 0 amide bonds. The fraction of sp³-hybridized carbons (Fsp3) is 0.182. The number of rotatable bonds is 2. The molecular weight excluding hydrogens is 200 g/mol. The van der Waals surface area contributed by atoms with Crippen molar-refractivity contribution < 1.29 is 13.5 Å². The van der Waals surface area contributed by atoms with Gasteiger partial charge in [-0.1, -0.05) is 12.1 Å². The summed E-state index contributed by atoms with van der Waals surface area (Å²) in [6, 6.07) is 8.42. The lowest BCUT2D eigenvalue weighted by Crippen LogP contribution is -2.19. The quantitative estimate of drug-likeness (QED) is 0.757. The van der Waals surface area contributed by atoms with Crippen LogP contribution in [0.4, 0.5) is 8.78 Å². The van der Waals surface area contributed by atoms with Crippen molar-refractivity contribution in [2.24, 2.45) is 0 Å². The summed E-state index contributed by atoms with van der Waals surface area (Å²) in [7, 11) is 0. The van der Waals surface area contributed by atoms with E-state index in [1.54, 1.807) is 24.3 Å². The maximum absolute atomic E-state index is 12.7. The molecule has 1 aromatic heterocycles. The van der Waals surface area contributed by atoms with E-state index in [1.165, 1.54) is 12.3 Å². The second kappa shape index (κ2) is 3.46. The molecule has 0 aliphatic rings. The highest BCUT2D eigenvalue weighted by atomic mass is 19.3. The van der Waals surface area contributed by atoms with Crippen molar-refractivity contribution in [3.63, 3.8) is 0 Å². The van der Waals surface area contributed by atoms with E-state index < -0.39 is 6.11 Å². The van der Waals surface area contributed by atoms with Crippen LogP contribution in [0.25, 0.3) is 10.9 Å². The number of nitrogens with zero attached hydrogens (tertiary/aromatic N) is 1. The molecule has 1 aromatic carbocycles. The highest BCUT2D eigenvalue weighted by molar-refractivity contribution is 5.84. The van der Waals surface area contributed by atoms with Crippen molar-refractivity contribution in [3.8, 4) is 5.75 Å². The van der Waals surface area contributed by atoms with Crippen LogP contribution in [0.1, 0.15) is 6.92 Å². The molecule has 0 N–H and O–H groups in total. The molecule has 0 bridgehead atoms. The number of pyridine rings is 1. The van der Waals surface area contributed by atoms with Gasteiger partial charge in [0.05, 0.1) is 5.52 Å². The Hall–Kier alpha value is -1.71. The van der Waals surface area contributed by atoms with Crippen molar-refractivity contribution >= 4 is 10.9 Å². The number of hydrogen-bond donors (Lipinski definition) is 0. The van der Waals surface area contributed by atoms with E-state index in [4.69, 9.17) is 0 Å². The third kappa shape index (κ3) is 2.21. The molecule has 0 saturated heterocycles. The molecule has 0 aliphatic heterocycles. The van der Waals surface area contributed by atoms with Gasteiger partial charge in [0.25, 0.3) is 0 Å². The summed E-state index contributed by atoms with van der Waals surface area (Å²) in [4.78, 5) is 4.05. The van der Waals surface area contributed by atoms with Gasteiger partial charge in [-0.2, -0.15) is 8.78 Å². The monoisotopic (exact) mass is 209 g/mol. The first-order chi connectivity index (χ1) is 7.06. The van der Waals surface area contributed by atoms with E-state index >= 15 is 0 Å². The Morgan fingerprint density at radius 3 is 2.67 bits per heavy atom. The number of para-hydroxylation sites is 1. The predicted molar refractivity (Wildman–Crippen MR) is 53.0 cm³/mol. The number of ether oxygens (including phenoxy) is 1. The predicted octanol–water partition coefficient (Wildman–Crippen LogP) is 3.23. The Morgan fingerprint density at radius 1 is 1.20 bits per heavy atom. The lowest BCUT2D eigenvalue weighted by Gasteiger charge is -2.14. The van der Waals surface area contributed by atoms with E-state index in [9.17, 15) is 8.78 Å². The van der Waals surface area contributed by atoms with Gasteiger partial charge in [-0.15, -0.1) is 0 Å². The summed E-state index contributed by atoms with van der Waals surface area (Å²) in [5, 5.41) is 0.585. The smallest absolute Gasteiger partial charge is 0.394 e. The Morgan fingerprint density at radius 2 is 1.93 bits per heavy atom. The lowest BCUT2D eigenvalue weighted by atomic mass is 10.2. The minimum atomic E-state index is -3.18. The van der Waals surface area contributed by atoms with E-state index in [2.05, 4.69) is 9.72 Å². The molecule has 0 fully saturated rings. The van der Waals surface area contributed by atoms with Gasteiger partial charge in [-0.25, -0.2) is 0 Å². The van der Waals surface area contributed by atoms with Crippen LogP contribution in [0.3, 0.4) is 0 Å². The van der Waals surface area contributed by atoms with Crippen LogP contribution in [0.15, 0.2) is 36.5 Å². The normalized spacial score (nSPS) is 11.7. The van der Waals surface area contributed by atoms with Gasteiger partial charge in [-0.05, 0) is 18.2 Å². The van der Waals surface area contributed by atoms with Gasteiger partial charge >= 0.3 is 6.11 Å². The Balaban J connectivity index is 2.52. The van der Waals surface area contributed by atoms with Crippen molar-refractivity contribution in [1.82, 2.24) is 4.98 Å². The first-order valence-electron chi connectivity index (χ1n) is 4.47. The van der Waals surface area contributed by atoms with Crippen LogP contribution in [0, 0.1) is 0 Å². The first kappa shape index (κ1) is 9.83. The molecule has 0 saturated carbocycles. The molecule has 0 radical (unpaired) electrons. The molecule has 0 spiro atoms. The number of halogens is 2. The summed E-state index contributed by atoms with van der Waals surface area (Å²) in [6.07, 6.45) is -1.73. The van der Waals surface area contributed by atoms with E-state index in [-0.39, 0.29) is 5.75 Å². The van der Waals surface area contributed by atoms with Crippen LogP contribution in [-0.2, 0) is 0 Å². The summed E-state index contributed by atoms with van der Waals surface area (Å²) in [5.74, 6) is 0.146. The summed E-state index contributed by atoms with van der Waals surface area (Å²) < 4.78 is 29.9. The zero-order valence-corrected chi connectivity index (χ0v) is 8.08. The largest absolute Gasteiger partial charge is 0.432 e. The lowest BCUT2D eigenvalue weighted by molar-refractivity contribution is -0.158. The van der Waals surface area contributed by atoms with Crippen LogP contribution in [-0.4, -0.2) is 11.1 Å². The molecule has 15 heavy (non-hydrogen) atoms. The standard InChI is InChI=1S/C11H9F2NO/c1-11(12,13)15-10-6-7-14-9-5-3-2-4-8(9)10/h2-7H,1H3. The van der Waals surface area contributed by atoms with E-state index in [1.807, 2.05) is 0 Å². The molecule has 78 valence electrons.